The largest absolute Gasteiger partial charge is 0.479 e. The third kappa shape index (κ3) is 8.41. The van der Waals surface area contributed by atoms with E-state index < -0.39 is 17.7 Å². The van der Waals surface area contributed by atoms with Gasteiger partial charge in [-0.25, -0.2) is 9.18 Å². The van der Waals surface area contributed by atoms with Crippen molar-refractivity contribution in [2.24, 2.45) is 5.41 Å². The van der Waals surface area contributed by atoms with Crippen LogP contribution in [0.4, 0.5) is 10.1 Å². The molecule has 0 aliphatic carbocycles. The van der Waals surface area contributed by atoms with Crippen molar-refractivity contribution in [1.29, 1.82) is 0 Å². The minimum absolute atomic E-state index is 0.191. The van der Waals surface area contributed by atoms with Crippen molar-refractivity contribution in [3.8, 4) is 11.1 Å². The van der Waals surface area contributed by atoms with Crippen LogP contribution < -0.4 is 4.90 Å². The topological polar surface area (TPSA) is 69.1 Å². The Labute approximate surface area is 298 Å². The summed E-state index contributed by atoms with van der Waals surface area (Å²) in [6.07, 6.45) is 5.46. The summed E-state index contributed by atoms with van der Waals surface area (Å²) in [7, 11) is 0. The molecule has 0 saturated carbocycles. The fourth-order valence-electron chi connectivity index (χ4n) is 8.05. The van der Waals surface area contributed by atoms with E-state index in [-0.39, 0.29) is 11.2 Å². The van der Waals surface area contributed by atoms with Crippen LogP contribution in [0.15, 0.2) is 36.4 Å². The van der Waals surface area contributed by atoms with Crippen LogP contribution >= 0.6 is 0 Å². The summed E-state index contributed by atoms with van der Waals surface area (Å²) in [5.74, 6) is -1.18. The molecule has 50 heavy (non-hydrogen) atoms. The number of fused-ring (bicyclic) bond motifs is 1. The highest BCUT2D eigenvalue weighted by molar-refractivity contribution is 5.88. The maximum absolute atomic E-state index is 13.8. The standard InChI is InChI=1S/C42H57FN4O3/c1-28-23-34(43)14-13-32(28)25-46-20-15-30-24-31(11-12-33(30)26-46)37-35(27-45-18-9-8-10-19-45)44-29(2)36(39(40(48)49)50-41(3,4)5)38(37)47-21-16-42(6,7)17-22-47/h11-14,23-24,39H,8-10,15-22,25-27H2,1-7H3,(H,48,49)/t39-/m0/s1. The van der Waals surface area contributed by atoms with Crippen LogP contribution in [-0.2, 0) is 35.6 Å². The predicted molar refractivity (Wildman–Crippen MR) is 199 cm³/mol. The van der Waals surface area contributed by atoms with E-state index >= 15 is 0 Å². The van der Waals surface area contributed by atoms with Crippen molar-refractivity contribution in [2.75, 3.05) is 37.6 Å². The quantitative estimate of drug-likeness (QED) is 0.242. The lowest BCUT2D eigenvalue weighted by molar-refractivity contribution is -0.160. The van der Waals surface area contributed by atoms with Gasteiger partial charge in [0.2, 0.25) is 0 Å². The molecule has 0 bridgehead atoms. The molecule has 1 N–H and O–H groups in total. The molecule has 0 unspecified atom stereocenters. The molecule has 2 saturated heterocycles. The maximum atomic E-state index is 13.8. The Morgan fingerprint density at radius 2 is 1.66 bits per heavy atom. The maximum Gasteiger partial charge on any atom is 0.337 e. The molecular formula is C42H57FN4O3. The molecule has 2 aromatic carbocycles. The molecular weight excluding hydrogens is 627 g/mol. The molecule has 7 nitrogen and oxygen atoms in total. The lowest BCUT2D eigenvalue weighted by Gasteiger charge is -2.41. The lowest BCUT2D eigenvalue weighted by atomic mass is 9.81. The van der Waals surface area contributed by atoms with Gasteiger partial charge in [0, 0.05) is 56.1 Å². The van der Waals surface area contributed by atoms with Gasteiger partial charge in [-0.2, -0.15) is 0 Å². The average Bonchev–Trinajstić information content (AvgIpc) is 3.05. The van der Waals surface area contributed by atoms with Crippen LogP contribution in [0.1, 0.15) is 112 Å². The van der Waals surface area contributed by atoms with E-state index in [1.54, 1.807) is 12.1 Å². The van der Waals surface area contributed by atoms with Crippen LogP contribution in [-0.4, -0.2) is 64.2 Å². The molecule has 3 aliphatic rings. The minimum Gasteiger partial charge on any atom is -0.479 e. The van der Waals surface area contributed by atoms with Gasteiger partial charge >= 0.3 is 5.97 Å². The molecule has 0 spiro atoms. The number of pyridine rings is 1. The minimum atomic E-state index is -1.14. The number of likely N-dealkylation sites (tertiary alicyclic amines) is 1. The second-order valence-electron chi connectivity index (χ2n) is 16.7. The first-order valence-corrected chi connectivity index (χ1v) is 18.7. The Balaban J connectivity index is 1.46. The van der Waals surface area contributed by atoms with Crippen molar-refractivity contribution in [2.45, 2.75) is 118 Å². The fourth-order valence-corrected chi connectivity index (χ4v) is 8.05. The van der Waals surface area contributed by atoms with Gasteiger partial charge < -0.3 is 14.7 Å². The van der Waals surface area contributed by atoms with Crippen molar-refractivity contribution in [3.05, 3.63) is 81.4 Å². The van der Waals surface area contributed by atoms with E-state index in [9.17, 15) is 14.3 Å². The molecule has 2 fully saturated rings. The first-order valence-electron chi connectivity index (χ1n) is 18.7. The number of benzene rings is 2. The summed E-state index contributed by atoms with van der Waals surface area (Å²) in [5.41, 5.74) is 9.94. The molecule has 4 heterocycles. The van der Waals surface area contributed by atoms with Gasteiger partial charge in [-0.15, -0.1) is 0 Å². The number of piperidine rings is 2. The SMILES string of the molecule is Cc1cc(F)ccc1CN1CCc2cc(-c3c(CN4CCCCC4)nc(C)c([C@H](OC(C)(C)C)C(=O)O)c3N3CCC(C)(C)CC3)ccc2C1. The van der Waals surface area contributed by atoms with Crippen LogP contribution in [0.2, 0.25) is 0 Å². The van der Waals surface area contributed by atoms with Crippen LogP contribution in [0.5, 0.6) is 0 Å². The smallest absolute Gasteiger partial charge is 0.337 e. The van der Waals surface area contributed by atoms with Gasteiger partial charge in [0.1, 0.15) is 5.82 Å². The number of anilines is 1. The summed E-state index contributed by atoms with van der Waals surface area (Å²) >= 11 is 0. The number of halogens is 1. The van der Waals surface area contributed by atoms with Gasteiger partial charge in [-0.1, -0.05) is 44.5 Å². The molecule has 3 aliphatic heterocycles. The number of rotatable bonds is 9. The number of ether oxygens (including phenoxy) is 1. The first kappa shape index (κ1) is 36.5. The zero-order valence-electron chi connectivity index (χ0n) is 31.4. The zero-order chi connectivity index (χ0) is 35.8. The molecule has 1 aromatic heterocycles. The molecule has 6 rings (SSSR count). The highest BCUT2D eigenvalue weighted by atomic mass is 19.1. The van der Waals surface area contributed by atoms with Gasteiger partial charge in [-0.05, 0) is 125 Å². The van der Waals surface area contributed by atoms with Crippen LogP contribution in [0.25, 0.3) is 11.1 Å². The van der Waals surface area contributed by atoms with E-state index in [2.05, 4.69) is 46.7 Å². The summed E-state index contributed by atoms with van der Waals surface area (Å²) in [6.45, 7) is 21.5. The number of carbonyl (C=O) groups is 1. The highest BCUT2D eigenvalue weighted by Crippen LogP contribution is 2.46. The van der Waals surface area contributed by atoms with E-state index in [0.717, 1.165) is 111 Å². The van der Waals surface area contributed by atoms with E-state index in [1.165, 1.54) is 30.4 Å². The van der Waals surface area contributed by atoms with E-state index in [1.807, 2.05) is 40.7 Å². The Bertz CT molecular complexity index is 1700. The summed E-state index contributed by atoms with van der Waals surface area (Å²) in [5, 5.41) is 10.7. The Morgan fingerprint density at radius 1 is 0.940 bits per heavy atom. The van der Waals surface area contributed by atoms with Crippen LogP contribution in [0, 0.1) is 25.1 Å². The van der Waals surface area contributed by atoms with Gasteiger partial charge in [-0.3, -0.25) is 14.8 Å². The van der Waals surface area contributed by atoms with Crippen molar-refractivity contribution < 1.29 is 19.0 Å². The third-order valence-electron chi connectivity index (χ3n) is 11.0. The van der Waals surface area contributed by atoms with Gasteiger partial charge in [0.25, 0.3) is 0 Å². The van der Waals surface area contributed by atoms with E-state index in [0.29, 0.717) is 5.56 Å². The number of aromatic nitrogens is 1. The average molecular weight is 685 g/mol. The van der Waals surface area contributed by atoms with Gasteiger partial charge in [0.05, 0.1) is 17.0 Å². The molecule has 1 atom stereocenters. The molecule has 0 radical (unpaired) electrons. The van der Waals surface area contributed by atoms with Crippen LogP contribution in [0.3, 0.4) is 0 Å². The zero-order valence-corrected chi connectivity index (χ0v) is 31.4. The monoisotopic (exact) mass is 684 g/mol. The second-order valence-corrected chi connectivity index (χ2v) is 16.7. The van der Waals surface area contributed by atoms with E-state index in [4.69, 9.17) is 9.72 Å². The Hall–Kier alpha value is -3.33. The third-order valence-corrected chi connectivity index (χ3v) is 11.0. The Kier molecular flexibility index (Phi) is 10.7. The van der Waals surface area contributed by atoms with Crippen molar-refractivity contribution >= 4 is 11.7 Å². The van der Waals surface area contributed by atoms with Crippen molar-refractivity contribution in [3.63, 3.8) is 0 Å². The number of hydrogen-bond acceptors (Lipinski definition) is 6. The molecule has 0 amide bonds. The normalized spacial score (nSPS) is 19.3. The predicted octanol–water partition coefficient (Wildman–Crippen LogP) is 8.62. The molecule has 8 heteroatoms. The Morgan fingerprint density at radius 3 is 2.32 bits per heavy atom. The number of aliphatic carboxylic acids is 1. The number of carboxylic acid groups (broad SMARTS) is 1. The summed E-state index contributed by atoms with van der Waals surface area (Å²) in [6, 6.07) is 11.9. The second kappa shape index (κ2) is 14.7. The highest BCUT2D eigenvalue weighted by Gasteiger charge is 2.37. The number of carboxylic acids is 1. The number of nitrogens with zero attached hydrogens (tertiary/aromatic N) is 4. The fraction of sp³-hybridized carbons (Fsp3) is 0.571. The molecule has 3 aromatic rings. The summed E-state index contributed by atoms with van der Waals surface area (Å²) < 4.78 is 20.2. The van der Waals surface area contributed by atoms with Crippen molar-refractivity contribution in [1.82, 2.24) is 14.8 Å². The first-order chi connectivity index (χ1) is 23.7. The lowest BCUT2D eigenvalue weighted by Crippen LogP contribution is -2.39. The summed E-state index contributed by atoms with van der Waals surface area (Å²) in [4.78, 5) is 25.8. The molecule has 270 valence electrons. The number of hydrogen-bond donors (Lipinski definition) is 1. The number of aryl methyl sites for hydroxylation is 2. The van der Waals surface area contributed by atoms with Gasteiger partial charge in [0.15, 0.2) is 6.10 Å².